The highest BCUT2D eigenvalue weighted by Crippen LogP contribution is 2.30. The van der Waals surface area contributed by atoms with Crippen molar-refractivity contribution in [3.63, 3.8) is 0 Å². The Morgan fingerprint density at radius 1 is 1.29 bits per heavy atom. The summed E-state index contributed by atoms with van der Waals surface area (Å²) in [6.45, 7) is 3.27. The fourth-order valence-electron chi connectivity index (χ4n) is 1.96. The first kappa shape index (κ1) is 15.2. The topological polar surface area (TPSA) is 42.2 Å². The molecule has 3 nitrogen and oxygen atoms in total. The van der Waals surface area contributed by atoms with Gasteiger partial charge in [0, 0.05) is 0 Å². The Labute approximate surface area is 119 Å². The van der Waals surface area contributed by atoms with Crippen molar-refractivity contribution in [2.75, 3.05) is 0 Å². The number of furan rings is 1. The van der Waals surface area contributed by atoms with Crippen molar-refractivity contribution in [3.05, 3.63) is 59.0 Å². The molecule has 2 rings (SSSR count). The summed E-state index contributed by atoms with van der Waals surface area (Å²) in [4.78, 5) is 12.0. The molecule has 1 aromatic carbocycles. The number of hydrogen-bond donors (Lipinski definition) is 1. The van der Waals surface area contributed by atoms with E-state index in [4.69, 9.17) is 4.42 Å². The molecule has 1 aromatic heterocycles. The highest BCUT2D eigenvalue weighted by molar-refractivity contribution is 5.95. The Kier molecular flexibility index (Phi) is 4.06. The Morgan fingerprint density at radius 2 is 2.00 bits per heavy atom. The zero-order valence-electron chi connectivity index (χ0n) is 11.5. The second-order valence-corrected chi connectivity index (χ2v) is 4.71. The minimum absolute atomic E-state index is 0.369. The molecule has 1 N–H and O–H groups in total. The van der Waals surface area contributed by atoms with E-state index in [1.54, 1.807) is 19.9 Å². The van der Waals surface area contributed by atoms with Crippen LogP contribution in [0.25, 0.3) is 0 Å². The Bertz CT molecular complexity index is 646. The molecule has 21 heavy (non-hydrogen) atoms. The molecule has 0 fully saturated rings. The molecule has 0 aliphatic heterocycles. The van der Waals surface area contributed by atoms with E-state index in [9.17, 15) is 18.0 Å². The van der Waals surface area contributed by atoms with E-state index in [0.29, 0.717) is 16.9 Å². The number of carbonyl (C=O) groups excluding carboxylic acids is 1. The van der Waals surface area contributed by atoms with Gasteiger partial charge in [0.15, 0.2) is 0 Å². The number of carbonyl (C=O) groups is 1. The van der Waals surface area contributed by atoms with Gasteiger partial charge in [-0.1, -0.05) is 12.1 Å². The fraction of sp³-hybridized carbons (Fsp3) is 0.267. The monoisotopic (exact) mass is 297 g/mol. The van der Waals surface area contributed by atoms with Crippen molar-refractivity contribution in [3.8, 4) is 0 Å². The summed E-state index contributed by atoms with van der Waals surface area (Å²) in [6, 6.07) is 5.87. The summed E-state index contributed by atoms with van der Waals surface area (Å²) < 4.78 is 43.0. The molecule has 1 heterocycles. The number of hydrogen-bond acceptors (Lipinski definition) is 2. The first-order valence-corrected chi connectivity index (χ1v) is 6.31. The molecule has 1 amide bonds. The van der Waals surface area contributed by atoms with Crippen LogP contribution in [-0.2, 0) is 6.18 Å². The van der Waals surface area contributed by atoms with Gasteiger partial charge >= 0.3 is 6.18 Å². The quantitative estimate of drug-likeness (QED) is 0.927. The van der Waals surface area contributed by atoms with Crippen molar-refractivity contribution in [2.45, 2.75) is 26.1 Å². The Morgan fingerprint density at radius 3 is 2.57 bits per heavy atom. The molecule has 0 aliphatic carbocycles. The summed E-state index contributed by atoms with van der Waals surface area (Å²) in [6.07, 6.45) is -3.01. The average Bonchev–Trinajstić information content (AvgIpc) is 2.84. The first-order chi connectivity index (χ1) is 9.79. The smallest absolute Gasteiger partial charge is 0.416 e. The fourth-order valence-corrected chi connectivity index (χ4v) is 1.96. The van der Waals surface area contributed by atoms with Crippen LogP contribution in [0.2, 0.25) is 0 Å². The largest absolute Gasteiger partial charge is 0.469 e. The number of alkyl halides is 3. The normalized spacial score (nSPS) is 13.0. The third-order valence-corrected chi connectivity index (χ3v) is 3.17. The molecular weight excluding hydrogens is 283 g/mol. The van der Waals surface area contributed by atoms with E-state index in [0.717, 1.165) is 12.1 Å². The average molecular weight is 297 g/mol. The summed E-state index contributed by atoms with van der Waals surface area (Å²) in [7, 11) is 0. The number of rotatable bonds is 3. The maximum Gasteiger partial charge on any atom is 0.416 e. The van der Waals surface area contributed by atoms with Crippen molar-refractivity contribution in [2.24, 2.45) is 0 Å². The van der Waals surface area contributed by atoms with Crippen LogP contribution in [0.15, 0.2) is 41.0 Å². The summed E-state index contributed by atoms with van der Waals surface area (Å²) in [5.41, 5.74) is 0.0220. The zero-order chi connectivity index (χ0) is 15.6. The van der Waals surface area contributed by atoms with E-state index in [1.165, 1.54) is 18.4 Å². The van der Waals surface area contributed by atoms with Crippen molar-refractivity contribution < 1.29 is 22.4 Å². The van der Waals surface area contributed by atoms with Gasteiger partial charge in [-0.3, -0.25) is 4.79 Å². The second kappa shape index (κ2) is 5.63. The van der Waals surface area contributed by atoms with E-state index >= 15 is 0 Å². The maximum atomic E-state index is 12.7. The van der Waals surface area contributed by atoms with Crippen LogP contribution in [0.3, 0.4) is 0 Å². The standard InChI is InChI=1S/C15H14F3NO2/c1-9(19-14(20)13-6-7-21-10(13)2)11-4-3-5-12(8-11)15(16,17)18/h3-9H,1-2H3,(H,19,20). The molecule has 112 valence electrons. The predicted molar refractivity (Wildman–Crippen MR) is 70.8 cm³/mol. The van der Waals surface area contributed by atoms with Gasteiger partial charge in [0.25, 0.3) is 5.91 Å². The van der Waals surface area contributed by atoms with E-state index in [1.807, 2.05) is 0 Å². The lowest BCUT2D eigenvalue weighted by Gasteiger charge is -2.16. The molecule has 0 radical (unpaired) electrons. The van der Waals surface area contributed by atoms with Gasteiger partial charge in [0.2, 0.25) is 0 Å². The van der Waals surface area contributed by atoms with Crippen LogP contribution in [0.1, 0.15) is 40.2 Å². The highest BCUT2D eigenvalue weighted by Gasteiger charge is 2.30. The minimum Gasteiger partial charge on any atom is -0.469 e. The van der Waals surface area contributed by atoms with Gasteiger partial charge in [0.1, 0.15) is 5.76 Å². The number of aryl methyl sites for hydroxylation is 1. The van der Waals surface area contributed by atoms with E-state index < -0.39 is 17.8 Å². The molecular formula is C15H14F3NO2. The number of amides is 1. The van der Waals surface area contributed by atoms with Crippen molar-refractivity contribution in [1.82, 2.24) is 5.32 Å². The Hall–Kier alpha value is -2.24. The second-order valence-electron chi connectivity index (χ2n) is 4.71. The van der Waals surface area contributed by atoms with Crippen LogP contribution in [0.5, 0.6) is 0 Å². The SMILES string of the molecule is Cc1occc1C(=O)NC(C)c1cccc(C(F)(F)F)c1. The molecule has 0 bridgehead atoms. The first-order valence-electron chi connectivity index (χ1n) is 6.31. The molecule has 0 saturated heterocycles. The third-order valence-electron chi connectivity index (χ3n) is 3.17. The van der Waals surface area contributed by atoms with Crippen LogP contribution in [-0.4, -0.2) is 5.91 Å². The van der Waals surface area contributed by atoms with Gasteiger partial charge in [-0.2, -0.15) is 13.2 Å². The number of nitrogens with one attached hydrogen (secondary N) is 1. The third kappa shape index (κ3) is 3.45. The molecule has 6 heteroatoms. The number of benzene rings is 1. The molecule has 2 aromatic rings. The van der Waals surface area contributed by atoms with E-state index in [-0.39, 0.29) is 5.91 Å². The van der Waals surface area contributed by atoms with Crippen LogP contribution >= 0.6 is 0 Å². The van der Waals surface area contributed by atoms with Crippen LogP contribution < -0.4 is 5.32 Å². The zero-order valence-corrected chi connectivity index (χ0v) is 11.5. The maximum absolute atomic E-state index is 12.7. The summed E-state index contributed by atoms with van der Waals surface area (Å²) in [5.74, 6) is 0.0786. The minimum atomic E-state index is -4.40. The Balaban J connectivity index is 2.16. The summed E-state index contributed by atoms with van der Waals surface area (Å²) in [5, 5.41) is 2.65. The molecule has 0 saturated carbocycles. The molecule has 0 aliphatic rings. The van der Waals surface area contributed by atoms with Gasteiger partial charge in [-0.25, -0.2) is 0 Å². The van der Waals surface area contributed by atoms with Crippen molar-refractivity contribution >= 4 is 5.91 Å². The van der Waals surface area contributed by atoms with E-state index in [2.05, 4.69) is 5.32 Å². The lowest BCUT2D eigenvalue weighted by Crippen LogP contribution is -2.27. The highest BCUT2D eigenvalue weighted by atomic mass is 19.4. The molecule has 1 atom stereocenters. The van der Waals surface area contributed by atoms with Gasteiger partial charge < -0.3 is 9.73 Å². The lowest BCUT2D eigenvalue weighted by atomic mass is 10.0. The number of halogens is 3. The van der Waals surface area contributed by atoms with Crippen LogP contribution in [0.4, 0.5) is 13.2 Å². The van der Waals surface area contributed by atoms with Crippen molar-refractivity contribution in [1.29, 1.82) is 0 Å². The van der Waals surface area contributed by atoms with Crippen LogP contribution in [0, 0.1) is 6.92 Å². The molecule has 0 spiro atoms. The van der Waals surface area contributed by atoms with Gasteiger partial charge in [-0.05, 0) is 37.6 Å². The predicted octanol–water partition coefficient (Wildman–Crippen LogP) is 4.10. The lowest BCUT2D eigenvalue weighted by molar-refractivity contribution is -0.137. The summed E-state index contributed by atoms with van der Waals surface area (Å²) >= 11 is 0. The van der Waals surface area contributed by atoms with Gasteiger partial charge in [-0.15, -0.1) is 0 Å². The molecule has 1 unspecified atom stereocenters. The van der Waals surface area contributed by atoms with Gasteiger partial charge in [0.05, 0.1) is 23.4 Å².